The normalized spacial score (nSPS) is 39.8. The first kappa shape index (κ1) is 23.7. The van der Waals surface area contributed by atoms with Crippen LogP contribution in [0.3, 0.4) is 0 Å². The van der Waals surface area contributed by atoms with Crippen LogP contribution >= 0.6 is 10.7 Å². The van der Waals surface area contributed by atoms with Crippen LogP contribution in [0.2, 0.25) is 0 Å². The summed E-state index contributed by atoms with van der Waals surface area (Å²) in [5, 5.41) is 0. The maximum Gasteiger partial charge on any atom is 0.369 e. The number of hydrogen-bond donors (Lipinski definition) is 0. The van der Waals surface area contributed by atoms with Crippen molar-refractivity contribution >= 4 is 128 Å². The second kappa shape index (κ2) is 17.3. The molecule has 0 unspecified atom stereocenters. The summed E-state index contributed by atoms with van der Waals surface area (Å²) >= 11 is 0. The molecule has 2 saturated heterocycles. The lowest BCUT2D eigenvalue weighted by Gasteiger charge is -2.23. The van der Waals surface area contributed by atoms with E-state index in [-0.39, 0.29) is 0 Å². The molecule has 0 aliphatic carbocycles. The summed E-state index contributed by atoms with van der Waals surface area (Å²) < 4.78 is 67.4. The molecule has 2 rings (SSSR count). The van der Waals surface area contributed by atoms with Gasteiger partial charge < -0.3 is 49.4 Å². The highest BCUT2D eigenvalue weighted by molar-refractivity contribution is 8.43. The molecule has 0 N–H and O–H groups in total. The third kappa shape index (κ3) is 13.3. The van der Waals surface area contributed by atoms with Gasteiger partial charge in [0.1, 0.15) is 0 Å². The maximum absolute atomic E-state index is 5.88. The summed E-state index contributed by atoms with van der Waals surface area (Å²) in [4.78, 5) is 0. The summed E-state index contributed by atoms with van der Waals surface area (Å²) in [5.41, 5.74) is 0. The van der Waals surface area contributed by atoms with Gasteiger partial charge in [-0.25, -0.2) is 0 Å². The Bertz CT molecular complexity index is 260. The van der Waals surface area contributed by atoms with Gasteiger partial charge in [0.2, 0.25) is 0 Å². The third-order valence-corrected chi connectivity index (χ3v) is 30.2. The summed E-state index contributed by atoms with van der Waals surface area (Å²) in [6.45, 7) is 0. The quantitative estimate of drug-likeness (QED) is 0.288. The monoisotopic (exact) mass is 582 g/mol. The Balaban J connectivity index is 1.75. The Kier molecular flexibility index (Phi) is 16.5. The van der Waals surface area contributed by atoms with Crippen LogP contribution in [0, 0.1) is 0 Å². The lowest BCUT2D eigenvalue weighted by Crippen LogP contribution is -2.36. The molecule has 2 fully saturated rings. The summed E-state index contributed by atoms with van der Waals surface area (Å²) in [7, 11) is -12.5. The van der Waals surface area contributed by atoms with Gasteiger partial charge in [-0.05, 0) is 0 Å². The lowest BCUT2D eigenvalue weighted by molar-refractivity contribution is 0.344. The Morgan fingerprint density at radius 1 is 0.360 bits per heavy atom. The summed E-state index contributed by atoms with van der Waals surface area (Å²) in [5.74, 6) is 0. The van der Waals surface area contributed by atoms with Gasteiger partial charge in [0.25, 0.3) is 100 Å². The standard InChI is InChI=1S/H22O12SSi12/c1-14-2-17-6-21-10-24(9-20-5-16-1)13-25-11-22-7-18-3-15-4-19-8-23-12-25/h24-25H,14-23H2. The molecule has 2 heterocycles. The van der Waals surface area contributed by atoms with Crippen molar-refractivity contribution in [1.29, 1.82) is 0 Å². The molecular weight excluding hydrogens is 561 g/mol. The minimum absolute atomic E-state index is 0.916. The second-order valence-electron chi connectivity index (χ2n) is 4.19. The zero-order chi connectivity index (χ0) is 17.4. The molecule has 0 spiro atoms. The van der Waals surface area contributed by atoms with Crippen molar-refractivity contribution in [3.63, 3.8) is 0 Å². The van der Waals surface area contributed by atoms with E-state index >= 15 is 0 Å². The van der Waals surface area contributed by atoms with Crippen molar-refractivity contribution < 1.29 is 49.4 Å². The van der Waals surface area contributed by atoms with Gasteiger partial charge in [-0.3, -0.25) is 0 Å². The van der Waals surface area contributed by atoms with Crippen LogP contribution in [0.25, 0.3) is 0 Å². The second-order valence-corrected chi connectivity index (χ2v) is 31.9. The first-order valence-electron chi connectivity index (χ1n) is 7.19. The van der Waals surface area contributed by atoms with Crippen molar-refractivity contribution in [3.05, 3.63) is 0 Å². The minimum atomic E-state index is -1.99. The molecular formula is H22O12SSi12. The molecule has 0 aromatic carbocycles. The molecule has 2 aliphatic heterocycles. The van der Waals surface area contributed by atoms with E-state index in [0.29, 0.717) is 0 Å². The smallest absolute Gasteiger partial charge is 0.369 e. The fourth-order valence-corrected chi connectivity index (χ4v) is 39.0. The highest BCUT2D eigenvalue weighted by Crippen LogP contribution is 2.15. The van der Waals surface area contributed by atoms with Gasteiger partial charge >= 0.3 is 16.9 Å². The molecule has 2 aliphatic rings. The number of hydrogen-bond acceptors (Lipinski definition) is 13. The molecule has 0 saturated carbocycles. The minimum Gasteiger partial charge on any atom is -0.425 e. The van der Waals surface area contributed by atoms with Gasteiger partial charge in [0.15, 0.2) is 0 Å². The molecule has 0 amide bonds. The van der Waals surface area contributed by atoms with E-state index in [1.807, 2.05) is 0 Å². The molecule has 148 valence electrons. The molecule has 0 radical (unpaired) electrons. The molecule has 0 atom stereocenters. The number of rotatable bonds is 2. The first-order valence-corrected chi connectivity index (χ1v) is 24.4. The molecule has 25 heavy (non-hydrogen) atoms. The van der Waals surface area contributed by atoms with Crippen LogP contribution in [-0.4, -0.2) is 117 Å². The van der Waals surface area contributed by atoms with E-state index < -0.39 is 117 Å². The van der Waals surface area contributed by atoms with E-state index in [9.17, 15) is 0 Å². The van der Waals surface area contributed by atoms with Gasteiger partial charge in [-0.2, -0.15) is 0 Å². The molecule has 0 bridgehead atoms. The fraction of sp³-hybridized carbons (Fsp3) is 0. The molecule has 0 aromatic rings. The SMILES string of the molecule is O1[SiH2]O[SiH2]O[SiH2]O[SiH](S[SiH]2O[SiH2]O[SiH2]O[SiH2]O[SiH2]O[SiH2]O2)O[SiH2]O[SiH2]1. The predicted molar refractivity (Wildman–Crippen MR) is 120 cm³/mol. The first-order chi connectivity index (χ1) is 12.4. The topological polar surface area (TPSA) is 111 Å². The van der Waals surface area contributed by atoms with Gasteiger partial charge in [0, 0.05) is 0 Å². The zero-order valence-corrected chi connectivity index (χ0v) is 30.8. The summed E-state index contributed by atoms with van der Waals surface area (Å²) in [6.07, 6.45) is 0. The van der Waals surface area contributed by atoms with Crippen molar-refractivity contribution in [2.45, 2.75) is 0 Å². The predicted octanol–water partition coefficient (Wildman–Crippen LogP) is -10.6. The van der Waals surface area contributed by atoms with E-state index in [0.717, 1.165) is 0 Å². The van der Waals surface area contributed by atoms with Crippen LogP contribution in [0.5, 0.6) is 0 Å². The van der Waals surface area contributed by atoms with Crippen molar-refractivity contribution in [3.8, 4) is 0 Å². The van der Waals surface area contributed by atoms with Crippen molar-refractivity contribution in [2.24, 2.45) is 0 Å². The molecule has 0 aromatic heterocycles. The van der Waals surface area contributed by atoms with Crippen LogP contribution in [0.4, 0.5) is 0 Å². The van der Waals surface area contributed by atoms with Crippen LogP contribution in [-0.2, 0) is 49.4 Å². The Morgan fingerprint density at radius 3 is 0.880 bits per heavy atom. The fourth-order valence-electron chi connectivity index (χ4n) is 1.38. The van der Waals surface area contributed by atoms with E-state index in [2.05, 4.69) is 0 Å². The van der Waals surface area contributed by atoms with Gasteiger partial charge in [0.05, 0.1) is 0 Å². The van der Waals surface area contributed by atoms with Gasteiger partial charge in [-0.1, -0.05) is 0 Å². The van der Waals surface area contributed by atoms with E-state index in [1.54, 1.807) is 10.7 Å². The van der Waals surface area contributed by atoms with Crippen LogP contribution in [0.1, 0.15) is 0 Å². The maximum atomic E-state index is 5.88. The van der Waals surface area contributed by atoms with E-state index in [1.165, 1.54) is 0 Å². The average molecular weight is 583 g/mol. The Labute approximate surface area is 176 Å². The van der Waals surface area contributed by atoms with Crippen LogP contribution in [0.15, 0.2) is 0 Å². The molecule has 25 heteroatoms. The van der Waals surface area contributed by atoms with Crippen molar-refractivity contribution in [1.82, 2.24) is 0 Å². The van der Waals surface area contributed by atoms with Crippen molar-refractivity contribution in [2.75, 3.05) is 0 Å². The average Bonchev–Trinajstić information content (AvgIpc) is 2.59. The third-order valence-electron chi connectivity index (χ3n) is 2.37. The van der Waals surface area contributed by atoms with Gasteiger partial charge in [-0.15, -0.1) is 10.7 Å². The Morgan fingerprint density at radius 2 is 0.600 bits per heavy atom. The summed E-state index contributed by atoms with van der Waals surface area (Å²) in [6, 6.07) is 0. The lowest BCUT2D eigenvalue weighted by atomic mass is 15.7. The highest BCUT2D eigenvalue weighted by atomic mass is 32.5. The molecule has 12 nitrogen and oxygen atoms in total. The zero-order valence-electron chi connectivity index (χ0n) is 13.5. The largest absolute Gasteiger partial charge is 0.425 e. The van der Waals surface area contributed by atoms with E-state index in [4.69, 9.17) is 49.4 Å². The highest BCUT2D eigenvalue weighted by Gasteiger charge is 2.25. The Hall–Kier alpha value is 2.47. The van der Waals surface area contributed by atoms with Crippen LogP contribution < -0.4 is 0 Å².